The van der Waals surface area contributed by atoms with Crippen molar-refractivity contribution in [1.29, 1.82) is 0 Å². The number of methoxy groups -OCH3 is 1. The summed E-state index contributed by atoms with van der Waals surface area (Å²) < 4.78 is 6.15. The SMILES string of the molecule is COc1ccccc1C=CC(=O)N1CCCC(C(=O)Nc2ccc(Br)cn2)C1. The molecule has 0 aliphatic carbocycles. The number of anilines is 1. The van der Waals surface area contributed by atoms with Crippen molar-refractivity contribution in [3.05, 3.63) is 58.7 Å². The number of nitrogens with one attached hydrogen (secondary N) is 1. The number of ether oxygens (including phenoxy) is 1. The summed E-state index contributed by atoms with van der Waals surface area (Å²) in [6.45, 7) is 1.05. The van der Waals surface area contributed by atoms with E-state index in [9.17, 15) is 9.59 Å². The molecule has 1 aromatic carbocycles. The minimum absolute atomic E-state index is 0.106. The Hall–Kier alpha value is -2.67. The minimum Gasteiger partial charge on any atom is -0.496 e. The molecule has 146 valence electrons. The molecule has 0 radical (unpaired) electrons. The molecule has 1 aromatic heterocycles. The number of pyridine rings is 1. The molecule has 0 spiro atoms. The number of likely N-dealkylation sites (tertiary alicyclic amines) is 1. The van der Waals surface area contributed by atoms with Gasteiger partial charge in [-0.05, 0) is 53.0 Å². The highest BCUT2D eigenvalue weighted by molar-refractivity contribution is 9.10. The standard InChI is InChI=1S/C21H22BrN3O3/c1-28-18-7-3-2-5-15(18)8-11-20(26)25-12-4-6-16(14-25)21(27)24-19-10-9-17(22)13-23-19/h2-3,5,7-11,13,16H,4,6,12,14H2,1H3,(H,23,24,27). The molecule has 7 heteroatoms. The molecule has 28 heavy (non-hydrogen) atoms. The quantitative estimate of drug-likeness (QED) is 0.714. The first kappa shape index (κ1) is 20.1. The lowest BCUT2D eigenvalue weighted by molar-refractivity contribution is -0.130. The van der Waals surface area contributed by atoms with Crippen LogP contribution in [0.3, 0.4) is 0 Å². The van der Waals surface area contributed by atoms with Gasteiger partial charge in [-0.2, -0.15) is 0 Å². The molecule has 1 atom stereocenters. The van der Waals surface area contributed by atoms with E-state index in [1.165, 1.54) is 6.08 Å². The molecule has 2 amide bonds. The zero-order valence-corrected chi connectivity index (χ0v) is 17.2. The van der Waals surface area contributed by atoms with Gasteiger partial charge >= 0.3 is 0 Å². The zero-order chi connectivity index (χ0) is 19.9. The molecule has 1 unspecified atom stereocenters. The average Bonchev–Trinajstić information content (AvgIpc) is 2.74. The van der Waals surface area contributed by atoms with Crippen LogP contribution in [0.25, 0.3) is 6.08 Å². The Kier molecular flexibility index (Phi) is 6.81. The fourth-order valence-corrected chi connectivity index (χ4v) is 3.37. The maximum Gasteiger partial charge on any atom is 0.246 e. The first-order chi connectivity index (χ1) is 13.6. The third-order valence-corrected chi connectivity index (χ3v) is 5.10. The summed E-state index contributed by atoms with van der Waals surface area (Å²) in [5, 5.41) is 2.83. The average molecular weight is 444 g/mol. The van der Waals surface area contributed by atoms with E-state index in [4.69, 9.17) is 4.74 Å². The fourth-order valence-electron chi connectivity index (χ4n) is 3.14. The fraction of sp³-hybridized carbons (Fsp3) is 0.286. The third kappa shape index (κ3) is 5.19. The number of benzene rings is 1. The maximum absolute atomic E-state index is 12.6. The number of amides is 2. The van der Waals surface area contributed by atoms with Gasteiger partial charge in [-0.25, -0.2) is 4.98 Å². The molecule has 3 rings (SSSR count). The van der Waals surface area contributed by atoms with Gasteiger partial charge in [0.05, 0.1) is 13.0 Å². The van der Waals surface area contributed by atoms with Crippen molar-refractivity contribution in [2.45, 2.75) is 12.8 Å². The second kappa shape index (κ2) is 9.50. The molecular weight excluding hydrogens is 422 g/mol. The van der Waals surface area contributed by atoms with Crippen molar-refractivity contribution in [2.24, 2.45) is 5.92 Å². The number of carbonyl (C=O) groups excluding carboxylic acids is 2. The number of para-hydroxylation sites is 1. The number of hydrogen-bond donors (Lipinski definition) is 1. The normalized spacial score (nSPS) is 16.8. The van der Waals surface area contributed by atoms with Crippen LogP contribution in [0.1, 0.15) is 18.4 Å². The van der Waals surface area contributed by atoms with Crippen LogP contribution in [0.4, 0.5) is 5.82 Å². The minimum atomic E-state index is -0.247. The molecular formula is C21H22BrN3O3. The van der Waals surface area contributed by atoms with E-state index in [1.807, 2.05) is 30.3 Å². The Morgan fingerprint density at radius 1 is 1.29 bits per heavy atom. The number of carbonyl (C=O) groups is 2. The molecule has 0 bridgehead atoms. The molecule has 0 saturated carbocycles. The number of aromatic nitrogens is 1. The lowest BCUT2D eigenvalue weighted by Crippen LogP contribution is -2.43. The van der Waals surface area contributed by atoms with Crippen LogP contribution in [0.15, 0.2) is 53.1 Å². The van der Waals surface area contributed by atoms with Crippen molar-refractivity contribution < 1.29 is 14.3 Å². The highest BCUT2D eigenvalue weighted by atomic mass is 79.9. The molecule has 1 N–H and O–H groups in total. The van der Waals surface area contributed by atoms with E-state index in [1.54, 1.807) is 30.3 Å². The molecule has 2 aromatic rings. The van der Waals surface area contributed by atoms with Crippen LogP contribution in [0, 0.1) is 5.92 Å². The molecule has 2 heterocycles. The number of hydrogen-bond acceptors (Lipinski definition) is 4. The Labute approximate surface area is 172 Å². The second-order valence-electron chi connectivity index (χ2n) is 6.55. The Morgan fingerprint density at radius 3 is 2.86 bits per heavy atom. The van der Waals surface area contributed by atoms with Gasteiger partial charge < -0.3 is 15.0 Å². The highest BCUT2D eigenvalue weighted by Gasteiger charge is 2.27. The summed E-state index contributed by atoms with van der Waals surface area (Å²) >= 11 is 3.32. The van der Waals surface area contributed by atoms with Gasteiger partial charge in [-0.1, -0.05) is 18.2 Å². The first-order valence-electron chi connectivity index (χ1n) is 9.09. The van der Waals surface area contributed by atoms with Crippen LogP contribution < -0.4 is 10.1 Å². The molecule has 1 aliphatic rings. The summed E-state index contributed by atoms with van der Waals surface area (Å²) in [6, 6.07) is 11.1. The second-order valence-corrected chi connectivity index (χ2v) is 7.47. The summed E-state index contributed by atoms with van der Waals surface area (Å²) in [4.78, 5) is 31.0. The van der Waals surface area contributed by atoms with Gasteiger partial charge in [0.1, 0.15) is 11.6 Å². The van der Waals surface area contributed by atoms with E-state index in [2.05, 4.69) is 26.2 Å². The van der Waals surface area contributed by atoms with E-state index in [0.29, 0.717) is 24.7 Å². The first-order valence-corrected chi connectivity index (χ1v) is 9.88. The molecule has 6 nitrogen and oxygen atoms in total. The number of nitrogens with zero attached hydrogens (tertiary/aromatic N) is 2. The summed E-state index contributed by atoms with van der Waals surface area (Å²) in [5.41, 5.74) is 0.839. The zero-order valence-electron chi connectivity index (χ0n) is 15.6. The van der Waals surface area contributed by atoms with Gasteiger partial charge in [0.2, 0.25) is 11.8 Å². The van der Waals surface area contributed by atoms with E-state index in [-0.39, 0.29) is 17.7 Å². The predicted molar refractivity (Wildman–Crippen MR) is 112 cm³/mol. The van der Waals surface area contributed by atoms with Crippen molar-refractivity contribution in [3.63, 3.8) is 0 Å². The van der Waals surface area contributed by atoms with Crippen LogP contribution in [-0.4, -0.2) is 41.9 Å². The number of piperidine rings is 1. The van der Waals surface area contributed by atoms with Crippen LogP contribution in [0.5, 0.6) is 5.75 Å². The Morgan fingerprint density at radius 2 is 2.11 bits per heavy atom. The van der Waals surface area contributed by atoms with Crippen LogP contribution in [-0.2, 0) is 9.59 Å². The molecule has 1 saturated heterocycles. The van der Waals surface area contributed by atoms with Gasteiger partial charge in [0, 0.05) is 35.4 Å². The largest absolute Gasteiger partial charge is 0.496 e. The van der Waals surface area contributed by atoms with Crippen molar-refractivity contribution in [1.82, 2.24) is 9.88 Å². The van der Waals surface area contributed by atoms with E-state index >= 15 is 0 Å². The van der Waals surface area contributed by atoms with E-state index < -0.39 is 0 Å². The van der Waals surface area contributed by atoms with Crippen LogP contribution in [0.2, 0.25) is 0 Å². The summed E-state index contributed by atoms with van der Waals surface area (Å²) in [7, 11) is 1.60. The smallest absolute Gasteiger partial charge is 0.246 e. The lowest BCUT2D eigenvalue weighted by atomic mass is 9.97. The van der Waals surface area contributed by atoms with Crippen molar-refractivity contribution in [3.8, 4) is 5.75 Å². The van der Waals surface area contributed by atoms with Crippen molar-refractivity contribution >= 4 is 39.6 Å². The predicted octanol–water partition coefficient (Wildman–Crippen LogP) is 3.74. The number of halogens is 1. The monoisotopic (exact) mass is 443 g/mol. The summed E-state index contributed by atoms with van der Waals surface area (Å²) in [5.74, 6) is 0.756. The van der Waals surface area contributed by atoms with Gasteiger partial charge in [0.15, 0.2) is 0 Å². The molecule has 1 aliphatic heterocycles. The van der Waals surface area contributed by atoms with Crippen molar-refractivity contribution in [2.75, 3.05) is 25.5 Å². The van der Waals surface area contributed by atoms with Crippen LogP contribution >= 0.6 is 15.9 Å². The lowest BCUT2D eigenvalue weighted by Gasteiger charge is -2.31. The molecule has 1 fully saturated rings. The van der Waals surface area contributed by atoms with Gasteiger partial charge in [-0.3, -0.25) is 9.59 Å². The Balaban J connectivity index is 1.60. The topological polar surface area (TPSA) is 71.5 Å². The van der Waals surface area contributed by atoms with Gasteiger partial charge in [0.25, 0.3) is 0 Å². The van der Waals surface area contributed by atoms with Gasteiger partial charge in [-0.15, -0.1) is 0 Å². The third-order valence-electron chi connectivity index (χ3n) is 4.63. The highest BCUT2D eigenvalue weighted by Crippen LogP contribution is 2.21. The maximum atomic E-state index is 12.6. The van der Waals surface area contributed by atoms with E-state index in [0.717, 1.165) is 22.9 Å². The summed E-state index contributed by atoms with van der Waals surface area (Å²) in [6.07, 6.45) is 6.46. The Bertz CT molecular complexity index is 867. The number of rotatable bonds is 5.